The fraction of sp³-hybridized carbons (Fsp3) is 0.333. The minimum Gasteiger partial charge on any atom is -0.296 e. The van der Waals surface area contributed by atoms with Crippen LogP contribution < -0.4 is 0 Å². The molecule has 0 saturated carbocycles. The Bertz CT molecular complexity index is 306. The Morgan fingerprint density at radius 2 is 1.79 bits per heavy atom. The van der Waals surface area contributed by atoms with E-state index < -0.39 is 0 Å². The molecule has 0 amide bonds. The quantitative estimate of drug-likeness (QED) is 0.290. The topological polar surface area (TPSA) is 29.4 Å². The molecule has 0 aliphatic rings. The third kappa shape index (κ3) is 3.99. The van der Waals surface area contributed by atoms with Gasteiger partial charge in [-0.25, -0.2) is 0 Å². The monoisotopic (exact) mass is 191 g/mol. The molecule has 0 N–H and O–H groups in total. The number of rotatable bonds is 4. The van der Waals surface area contributed by atoms with Crippen molar-refractivity contribution in [2.75, 3.05) is 0 Å². The van der Waals surface area contributed by atoms with E-state index in [0.29, 0.717) is 5.70 Å². The highest BCUT2D eigenvalue weighted by atomic mass is 16.1. The Morgan fingerprint density at radius 3 is 2.14 bits per heavy atom. The van der Waals surface area contributed by atoms with Crippen molar-refractivity contribution < 1.29 is 4.79 Å². The molecule has 0 saturated heterocycles. The van der Waals surface area contributed by atoms with Gasteiger partial charge in [-0.2, -0.15) is 0 Å². The highest BCUT2D eigenvalue weighted by Gasteiger charge is 1.97. The second kappa shape index (κ2) is 7.01. The fourth-order valence-corrected chi connectivity index (χ4v) is 1.02. The summed E-state index contributed by atoms with van der Waals surface area (Å²) in [6, 6.07) is 0. The van der Waals surface area contributed by atoms with Crippen molar-refractivity contribution in [3.8, 4) is 0 Å². The number of carbonyl (C=O) groups excluding carboxylic acids is 1. The predicted octanol–water partition coefficient (Wildman–Crippen LogP) is 3.07. The molecule has 0 aliphatic heterocycles. The molecular formula is C12H17NO. The van der Waals surface area contributed by atoms with Crippen LogP contribution in [0.15, 0.2) is 40.6 Å². The molecular weight excluding hydrogens is 174 g/mol. The van der Waals surface area contributed by atoms with Crippen molar-refractivity contribution in [2.24, 2.45) is 4.99 Å². The molecule has 2 heteroatoms. The Balaban J connectivity index is 4.91. The number of carbonyl (C=O) groups is 1. The molecule has 2 nitrogen and oxygen atoms in total. The van der Waals surface area contributed by atoms with E-state index >= 15 is 0 Å². The van der Waals surface area contributed by atoms with Crippen LogP contribution in [-0.2, 0) is 4.79 Å². The molecule has 0 aromatic heterocycles. The summed E-state index contributed by atoms with van der Waals surface area (Å²) in [6.07, 6.45) is 8.34. The first-order chi connectivity index (χ1) is 6.69. The predicted molar refractivity (Wildman–Crippen MR) is 61.5 cm³/mol. The van der Waals surface area contributed by atoms with Crippen LogP contribution in [0, 0.1) is 0 Å². The lowest BCUT2D eigenvalue weighted by Crippen LogP contribution is -1.96. The van der Waals surface area contributed by atoms with Crippen LogP contribution in [0.4, 0.5) is 0 Å². The molecule has 0 rings (SSSR count). The SMILES string of the molecule is C\C=C/C(=C\C)C(/C)=N\C(C=O)=C/C. The zero-order valence-electron chi connectivity index (χ0n) is 9.24. The number of aliphatic imine (C=N–C) groups is 1. The Morgan fingerprint density at radius 1 is 1.14 bits per heavy atom. The number of hydrogen-bond acceptors (Lipinski definition) is 2. The maximum Gasteiger partial charge on any atom is 0.168 e. The molecule has 0 heterocycles. The highest BCUT2D eigenvalue weighted by Crippen LogP contribution is 2.04. The van der Waals surface area contributed by atoms with E-state index in [1.54, 1.807) is 13.0 Å². The maximum absolute atomic E-state index is 10.5. The number of hydrogen-bond donors (Lipinski definition) is 0. The third-order valence-electron chi connectivity index (χ3n) is 1.79. The molecule has 0 radical (unpaired) electrons. The van der Waals surface area contributed by atoms with Crippen LogP contribution in [0.2, 0.25) is 0 Å². The fourth-order valence-electron chi connectivity index (χ4n) is 1.02. The highest BCUT2D eigenvalue weighted by molar-refractivity contribution is 6.02. The number of allylic oxidation sites excluding steroid dienone is 6. The Labute approximate surface area is 85.7 Å². The summed E-state index contributed by atoms with van der Waals surface area (Å²) in [7, 11) is 0. The molecule has 14 heavy (non-hydrogen) atoms. The molecule has 0 fully saturated rings. The van der Waals surface area contributed by atoms with Gasteiger partial charge in [0.05, 0.1) is 5.70 Å². The third-order valence-corrected chi connectivity index (χ3v) is 1.79. The number of aldehydes is 1. The summed E-state index contributed by atoms with van der Waals surface area (Å²) in [4.78, 5) is 14.7. The van der Waals surface area contributed by atoms with Gasteiger partial charge in [-0.15, -0.1) is 0 Å². The van der Waals surface area contributed by atoms with Gasteiger partial charge in [0.1, 0.15) is 0 Å². The second-order valence-corrected chi connectivity index (χ2v) is 2.77. The minimum atomic E-state index is 0.464. The molecule has 0 aliphatic carbocycles. The van der Waals surface area contributed by atoms with Crippen molar-refractivity contribution >= 4 is 12.0 Å². The van der Waals surface area contributed by atoms with Gasteiger partial charge in [0.2, 0.25) is 0 Å². The van der Waals surface area contributed by atoms with E-state index in [1.807, 2.05) is 39.0 Å². The molecule has 0 aromatic rings. The van der Waals surface area contributed by atoms with Crippen LogP contribution in [0.5, 0.6) is 0 Å². The summed E-state index contributed by atoms with van der Waals surface area (Å²) in [5, 5.41) is 0. The van der Waals surface area contributed by atoms with Gasteiger partial charge in [-0.05, 0) is 33.3 Å². The maximum atomic E-state index is 10.5. The van der Waals surface area contributed by atoms with E-state index in [4.69, 9.17) is 0 Å². The largest absolute Gasteiger partial charge is 0.296 e. The average molecular weight is 191 g/mol. The van der Waals surface area contributed by atoms with E-state index in [1.165, 1.54) is 0 Å². The van der Waals surface area contributed by atoms with Gasteiger partial charge >= 0.3 is 0 Å². The zero-order valence-corrected chi connectivity index (χ0v) is 9.24. The van der Waals surface area contributed by atoms with Gasteiger partial charge < -0.3 is 0 Å². The first kappa shape index (κ1) is 12.6. The Kier molecular flexibility index (Phi) is 6.29. The lowest BCUT2D eigenvalue weighted by Gasteiger charge is -2.00. The van der Waals surface area contributed by atoms with Crippen molar-refractivity contribution in [1.82, 2.24) is 0 Å². The average Bonchev–Trinajstić information content (AvgIpc) is 2.22. The molecule has 0 aromatic carbocycles. The Hall–Kier alpha value is -1.44. The van der Waals surface area contributed by atoms with Crippen LogP contribution >= 0.6 is 0 Å². The van der Waals surface area contributed by atoms with E-state index in [0.717, 1.165) is 17.6 Å². The van der Waals surface area contributed by atoms with E-state index in [-0.39, 0.29) is 0 Å². The van der Waals surface area contributed by atoms with Crippen LogP contribution in [-0.4, -0.2) is 12.0 Å². The summed E-state index contributed by atoms with van der Waals surface area (Å²) < 4.78 is 0. The summed E-state index contributed by atoms with van der Waals surface area (Å²) in [6.45, 7) is 7.59. The lowest BCUT2D eigenvalue weighted by atomic mass is 10.1. The molecule has 0 spiro atoms. The normalized spacial score (nSPS) is 15.0. The summed E-state index contributed by atoms with van der Waals surface area (Å²) >= 11 is 0. The van der Waals surface area contributed by atoms with Gasteiger partial charge in [0.15, 0.2) is 6.29 Å². The van der Waals surface area contributed by atoms with Gasteiger partial charge in [-0.1, -0.05) is 24.3 Å². The van der Waals surface area contributed by atoms with Crippen LogP contribution in [0.1, 0.15) is 27.7 Å². The van der Waals surface area contributed by atoms with Gasteiger partial charge in [0, 0.05) is 5.71 Å². The molecule has 0 unspecified atom stereocenters. The summed E-state index contributed by atoms with van der Waals surface area (Å²) in [5.41, 5.74) is 2.35. The van der Waals surface area contributed by atoms with Gasteiger partial charge in [-0.3, -0.25) is 9.79 Å². The lowest BCUT2D eigenvalue weighted by molar-refractivity contribution is -0.104. The van der Waals surface area contributed by atoms with Crippen molar-refractivity contribution in [2.45, 2.75) is 27.7 Å². The van der Waals surface area contributed by atoms with Crippen molar-refractivity contribution in [1.29, 1.82) is 0 Å². The van der Waals surface area contributed by atoms with Crippen LogP contribution in [0.3, 0.4) is 0 Å². The zero-order chi connectivity index (χ0) is 11.0. The first-order valence-corrected chi connectivity index (χ1v) is 4.65. The first-order valence-electron chi connectivity index (χ1n) is 4.65. The smallest absolute Gasteiger partial charge is 0.168 e. The minimum absolute atomic E-state index is 0.464. The van der Waals surface area contributed by atoms with E-state index in [9.17, 15) is 4.79 Å². The number of nitrogens with zero attached hydrogens (tertiary/aromatic N) is 1. The summed E-state index contributed by atoms with van der Waals surface area (Å²) in [5.74, 6) is 0. The van der Waals surface area contributed by atoms with Crippen molar-refractivity contribution in [3.63, 3.8) is 0 Å². The molecule has 76 valence electrons. The molecule has 0 atom stereocenters. The van der Waals surface area contributed by atoms with Gasteiger partial charge in [0.25, 0.3) is 0 Å². The van der Waals surface area contributed by atoms with E-state index in [2.05, 4.69) is 4.99 Å². The standard InChI is InChI=1S/C12H17NO/c1-5-8-11(6-2)10(4)13-12(7-3)9-14/h5-9H,1-4H3/b8-5-,11-6+,12-7-,13-10-. The van der Waals surface area contributed by atoms with Crippen LogP contribution in [0.25, 0.3) is 0 Å². The van der Waals surface area contributed by atoms with Crippen molar-refractivity contribution in [3.05, 3.63) is 35.6 Å². The second-order valence-electron chi connectivity index (χ2n) is 2.77. The molecule has 0 bridgehead atoms.